The van der Waals surface area contributed by atoms with Gasteiger partial charge in [0.1, 0.15) is 15.9 Å². The van der Waals surface area contributed by atoms with Crippen molar-refractivity contribution in [2.75, 3.05) is 30.9 Å². The number of hydrogen-bond acceptors (Lipinski definition) is 5. The number of nitrogens with zero attached hydrogens (tertiary/aromatic N) is 1. The standard InChI is InChI=1S/C11H20N2O5S2/c1-8-7-13(4-5-19-8)11(16)12-9(10(14)15)3-6-20(2,17)18/h8-9H,3-7H2,1-2H3,(H,12,16)(H,14,15). The summed E-state index contributed by atoms with van der Waals surface area (Å²) >= 11 is 1.76. The summed E-state index contributed by atoms with van der Waals surface area (Å²) in [6.07, 6.45) is 0.912. The first kappa shape index (κ1) is 17.1. The van der Waals surface area contributed by atoms with E-state index in [2.05, 4.69) is 5.32 Å². The second-order valence-corrected chi connectivity index (χ2v) is 8.69. The van der Waals surface area contributed by atoms with Gasteiger partial charge in [-0.3, -0.25) is 0 Å². The zero-order valence-corrected chi connectivity index (χ0v) is 13.2. The largest absolute Gasteiger partial charge is 0.480 e. The predicted molar refractivity (Wildman–Crippen MR) is 77.8 cm³/mol. The number of rotatable bonds is 5. The molecule has 9 heteroatoms. The quantitative estimate of drug-likeness (QED) is 0.739. The number of nitrogens with one attached hydrogen (secondary N) is 1. The average Bonchev–Trinajstić information content (AvgIpc) is 2.32. The zero-order chi connectivity index (χ0) is 15.3. The number of thioether (sulfide) groups is 1. The molecule has 2 atom stereocenters. The average molecular weight is 324 g/mol. The molecule has 116 valence electrons. The molecule has 0 radical (unpaired) electrons. The SMILES string of the molecule is CC1CN(C(=O)NC(CCS(C)(=O)=O)C(=O)O)CCS1. The second-order valence-electron chi connectivity index (χ2n) is 4.89. The monoisotopic (exact) mass is 324 g/mol. The van der Waals surface area contributed by atoms with Gasteiger partial charge < -0.3 is 15.3 Å². The number of carbonyl (C=O) groups excluding carboxylic acids is 1. The van der Waals surface area contributed by atoms with Crippen LogP contribution in [0.15, 0.2) is 0 Å². The van der Waals surface area contributed by atoms with Gasteiger partial charge in [0, 0.05) is 30.3 Å². The fraction of sp³-hybridized carbons (Fsp3) is 0.818. The molecule has 0 bridgehead atoms. The number of carbonyl (C=O) groups is 2. The minimum absolute atomic E-state index is 0.127. The molecular weight excluding hydrogens is 304 g/mol. The fourth-order valence-electron chi connectivity index (χ4n) is 1.83. The Morgan fingerprint density at radius 2 is 2.15 bits per heavy atom. The molecule has 0 aromatic rings. The van der Waals surface area contributed by atoms with Crippen molar-refractivity contribution in [2.24, 2.45) is 0 Å². The van der Waals surface area contributed by atoms with Crippen molar-refractivity contribution < 1.29 is 23.1 Å². The third-order valence-electron chi connectivity index (χ3n) is 2.90. The van der Waals surface area contributed by atoms with Crippen LogP contribution in [0.2, 0.25) is 0 Å². The van der Waals surface area contributed by atoms with Gasteiger partial charge in [-0.15, -0.1) is 0 Å². The Balaban J connectivity index is 2.56. The van der Waals surface area contributed by atoms with Crippen molar-refractivity contribution in [1.82, 2.24) is 10.2 Å². The lowest BCUT2D eigenvalue weighted by molar-refractivity contribution is -0.139. The summed E-state index contributed by atoms with van der Waals surface area (Å²) in [5.41, 5.74) is 0. The lowest BCUT2D eigenvalue weighted by Crippen LogP contribution is -2.51. The number of aliphatic carboxylic acids is 1. The van der Waals surface area contributed by atoms with Gasteiger partial charge in [0.15, 0.2) is 0 Å². The molecule has 20 heavy (non-hydrogen) atoms. The number of carboxylic acid groups (broad SMARTS) is 1. The minimum Gasteiger partial charge on any atom is -0.480 e. The molecule has 1 rings (SSSR count). The van der Waals surface area contributed by atoms with E-state index >= 15 is 0 Å². The highest BCUT2D eigenvalue weighted by molar-refractivity contribution is 8.00. The number of urea groups is 1. The van der Waals surface area contributed by atoms with E-state index in [0.717, 1.165) is 12.0 Å². The molecule has 1 aliphatic rings. The van der Waals surface area contributed by atoms with Crippen LogP contribution >= 0.6 is 11.8 Å². The number of amides is 2. The van der Waals surface area contributed by atoms with Crippen molar-refractivity contribution >= 4 is 33.6 Å². The van der Waals surface area contributed by atoms with Crippen molar-refractivity contribution in [3.63, 3.8) is 0 Å². The van der Waals surface area contributed by atoms with E-state index in [1.807, 2.05) is 6.92 Å². The first-order chi connectivity index (χ1) is 9.19. The Bertz CT molecular complexity index is 465. The van der Waals surface area contributed by atoms with Gasteiger partial charge in [-0.05, 0) is 6.42 Å². The molecule has 1 aliphatic heterocycles. The highest BCUT2D eigenvalue weighted by Gasteiger charge is 2.26. The van der Waals surface area contributed by atoms with Gasteiger partial charge in [0.25, 0.3) is 0 Å². The summed E-state index contributed by atoms with van der Waals surface area (Å²) in [6, 6.07) is -1.62. The summed E-state index contributed by atoms with van der Waals surface area (Å²) in [5.74, 6) is -0.673. The van der Waals surface area contributed by atoms with Crippen LogP contribution in [0.1, 0.15) is 13.3 Å². The van der Waals surface area contributed by atoms with Crippen molar-refractivity contribution in [3.8, 4) is 0 Å². The van der Waals surface area contributed by atoms with Crippen molar-refractivity contribution in [2.45, 2.75) is 24.6 Å². The summed E-state index contributed by atoms with van der Waals surface area (Å²) in [4.78, 5) is 24.6. The first-order valence-corrected chi connectivity index (χ1v) is 9.37. The van der Waals surface area contributed by atoms with Crippen molar-refractivity contribution in [3.05, 3.63) is 0 Å². The highest BCUT2D eigenvalue weighted by atomic mass is 32.2. The van der Waals surface area contributed by atoms with E-state index in [-0.39, 0.29) is 12.2 Å². The van der Waals surface area contributed by atoms with Gasteiger partial charge in [-0.2, -0.15) is 11.8 Å². The van der Waals surface area contributed by atoms with E-state index in [4.69, 9.17) is 5.11 Å². The van der Waals surface area contributed by atoms with Crippen LogP contribution in [-0.2, 0) is 14.6 Å². The molecule has 2 N–H and O–H groups in total. The zero-order valence-electron chi connectivity index (χ0n) is 11.5. The van der Waals surface area contributed by atoms with E-state index in [0.29, 0.717) is 18.3 Å². The molecule has 1 saturated heterocycles. The fourth-order valence-corrected chi connectivity index (χ4v) is 3.51. The smallest absolute Gasteiger partial charge is 0.326 e. The summed E-state index contributed by atoms with van der Waals surface area (Å²) < 4.78 is 22.1. The summed E-state index contributed by atoms with van der Waals surface area (Å²) in [7, 11) is -3.25. The third-order valence-corrected chi connectivity index (χ3v) is 5.02. The van der Waals surface area contributed by atoms with Crippen LogP contribution in [0, 0.1) is 0 Å². The van der Waals surface area contributed by atoms with Gasteiger partial charge in [0.2, 0.25) is 0 Å². The highest BCUT2D eigenvalue weighted by Crippen LogP contribution is 2.17. The Hall–Kier alpha value is -0.960. The minimum atomic E-state index is -3.25. The van der Waals surface area contributed by atoms with Crippen LogP contribution in [0.3, 0.4) is 0 Å². The van der Waals surface area contributed by atoms with E-state index in [9.17, 15) is 18.0 Å². The molecular formula is C11H20N2O5S2. The summed E-state index contributed by atoms with van der Waals surface area (Å²) in [5, 5.41) is 11.7. The topological polar surface area (TPSA) is 104 Å². The maximum Gasteiger partial charge on any atom is 0.326 e. The van der Waals surface area contributed by atoms with Crippen LogP contribution in [0.4, 0.5) is 4.79 Å². The molecule has 0 saturated carbocycles. The molecule has 2 unspecified atom stereocenters. The van der Waals surface area contributed by atoms with Crippen LogP contribution in [0.25, 0.3) is 0 Å². The Kier molecular flexibility index (Phi) is 6.12. The first-order valence-electron chi connectivity index (χ1n) is 6.26. The number of carboxylic acids is 1. The third kappa shape index (κ3) is 6.00. The van der Waals surface area contributed by atoms with Crippen molar-refractivity contribution in [1.29, 1.82) is 0 Å². The lowest BCUT2D eigenvalue weighted by atomic mass is 10.2. The molecule has 2 amide bonds. The number of sulfone groups is 1. The Labute approximate surface area is 123 Å². The molecule has 1 fully saturated rings. The van der Waals surface area contributed by atoms with E-state index in [1.165, 1.54) is 0 Å². The molecule has 7 nitrogen and oxygen atoms in total. The molecule has 0 spiro atoms. The van der Waals surface area contributed by atoms with Crippen LogP contribution in [-0.4, -0.2) is 72.6 Å². The maximum atomic E-state index is 12.0. The lowest BCUT2D eigenvalue weighted by Gasteiger charge is -2.31. The van der Waals surface area contributed by atoms with Crippen LogP contribution < -0.4 is 5.32 Å². The Morgan fingerprint density at radius 3 is 2.65 bits per heavy atom. The predicted octanol–water partition coefficient (Wildman–Crippen LogP) is 0.0212. The molecule has 1 heterocycles. The van der Waals surface area contributed by atoms with Gasteiger partial charge in [-0.25, -0.2) is 18.0 Å². The van der Waals surface area contributed by atoms with Crippen LogP contribution in [0.5, 0.6) is 0 Å². The Morgan fingerprint density at radius 1 is 1.50 bits per heavy atom. The maximum absolute atomic E-state index is 12.0. The van der Waals surface area contributed by atoms with Gasteiger partial charge in [-0.1, -0.05) is 6.92 Å². The normalized spacial score (nSPS) is 21.3. The second kappa shape index (κ2) is 7.16. The van der Waals surface area contributed by atoms with E-state index < -0.39 is 27.9 Å². The summed E-state index contributed by atoms with van der Waals surface area (Å²) in [6.45, 7) is 3.14. The molecule has 0 aromatic heterocycles. The van der Waals surface area contributed by atoms with Gasteiger partial charge in [0.05, 0.1) is 5.75 Å². The number of hydrogen-bond donors (Lipinski definition) is 2. The molecule has 0 aliphatic carbocycles. The van der Waals surface area contributed by atoms with E-state index in [1.54, 1.807) is 16.7 Å². The molecule has 0 aromatic carbocycles. The van der Waals surface area contributed by atoms with Gasteiger partial charge >= 0.3 is 12.0 Å².